The molecule has 0 aliphatic rings. The van der Waals surface area contributed by atoms with Crippen molar-refractivity contribution in [2.24, 2.45) is 7.05 Å². The fraction of sp³-hybridized carbons (Fsp3) is 0.438. The summed E-state index contributed by atoms with van der Waals surface area (Å²) in [4.78, 5) is 0. The highest BCUT2D eigenvalue weighted by Crippen LogP contribution is 2.18. The lowest BCUT2D eigenvalue weighted by Crippen LogP contribution is -2.07. The van der Waals surface area contributed by atoms with Crippen LogP contribution in [-0.2, 0) is 13.5 Å². The summed E-state index contributed by atoms with van der Waals surface area (Å²) in [7, 11) is 1.93. The Labute approximate surface area is 115 Å². The molecule has 0 amide bonds. The van der Waals surface area contributed by atoms with Crippen LogP contribution in [0.2, 0.25) is 0 Å². The molecule has 0 spiro atoms. The minimum atomic E-state index is 0.273. The zero-order chi connectivity index (χ0) is 13.7. The van der Waals surface area contributed by atoms with E-state index in [-0.39, 0.29) is 6.04 Å². The number of unbranched alkanes of at least 4 members (excludes halogenated alkanes) is 1. The van der Waals surface area contributed by atoms with Gasteiger partial charge in [-0.3, -0.25) is 4.68 Å². The van der Waals surface area contributed by atoms with Gasteiger partial charge in [-0.2, -0.15) is 5.10 Å². The van der Waals surface area contributed by atoms with Gasteiger partial charge in [0.05, 0.1) is 0 Å². The van der Waals surface area contributed by atoms with Crippen LogP contribution in [0.4, 0.5) is 5.82 Å². The monoisotopic (exact) mass is 257 g/mol. The first kappa shape index (κ1) is 13.7. The molecule has 0 saturated heterocycles. The van der Waals surface area contributed by atoms with Crippen LogP contribution in [0, 0.1) is 0 Å². The quantitative estimate of drug-likeness (QED) is 0.849. The lowest BCUT2D eigenvalue weighted by Gasteiger charge is -2.14. The third-order valence-electron chi connectivity index (χ3n) is 3.38. The normalized spacial score (nSPS) is 12.4. The molecule has 1 N–H and O–H groups in total. The number of nitrogens with zero attached hydrogens (tertiary/aromatic N) is 2. The van der Waals surface area contributed by atoms with Crippen LogP contribution in [0.15, 0.2) is 36.5 Å². The molecule has 0 bridgehead atoms. The van der Waals surface area contributed by atoms with Crippen molar-refractivity contribution in [1.29, 1.82) is 0 Å². The van der Waals surface area contributed by atoms with Crippen molar-refractivity contribution in [3.63, 3.8) is 0 Å². The molecule has 1 atom stereocenters. The third-order valence-corrected chi connectivity index (χ3v) is 3.38. The molecule has 0 aliphatic heterocycles. The van der Waals surface area contributed by atoms with Crippen LogP contribution in [0.3, 0.4) is 0 Å². The molecule has 2 aromatic rings. The smallest absolute Gasteiger partial charge is 0.148 e. The fourth-order valence-corrected chi connectivity index (χ4v) is 2.15. The van der Waals surface area contributed by atoms with Gasteiger partial charge in [-0.25, -0.2) is 0 Å². The Morgan fingerprint density at radius 2 is 1.95 bits per heavy atom. The van der Waals surface area contributed by atoms with E-state index < -0.39 is 0 Å². The maximum absolute atomic E-state index is 4.34. The van der Waals surface area contributed by atoms with Crippen LogP contribution in [0.25, 0.3) is 0 Å². The van der Waals surface area contributed by atoms with Crippen LogP contribution in [0.1, 0.15) is 43.9 Å². The van der Waals surface area contributed by atoms with Gasteiger partial charge in [-0.15, -0.1) is 0 Å². The summed E-state index contributed by atoms with van der Waals surface area (Å²) in [5, 5.41) is 7.75. The maximum atomic E-state index is 4.34. The van der Waals surface area contributed by atoms with Gasteiger partial charge in [0.25, 0.3) is 0 Å². The highest BCUT2D eigenvalue weighted by Gasteiger charge is 2.06. The molecule has 102 valence electrons. The summed E-state index contributed by atoms with van der Waals surface area (Å²) in [5.74, 6) is 0.921. The van der Waals surface area contributed by atoms with E-state index in [2.05, 4.69) is 48.5 Å². The van der Waals surface area contributed by atoms with Crippen LogP contribution < -0.4 is 5.32 Å². The highest BCUT2D eigenvalue weighted by molar-refractivity contribution is 5.37. The van der Waals surface area contributed by atoms with Crippen molar-refractivity contribution >= 4 is 5.82 Å². The van der Waals surface area contributed by atoms with Crippen molar-refractivity contribution in [2.45, 2.75) is 39.2 Å². The van der Waals surface area contributed by atoms with Crippen LogP contribution in [0.5, 0.6) is 0 Å². The summed E-state index contributed by atoms with van der Waals surface area (Å²) in [6.07, 6.45) is 5.64. The summed E-state index contributed by atoms with van der Waals surface area (Å²) in [6, 6.07) is 11.2. The largest absolute Gasteiger partial charge is 0.362 e. The summed E-state index contributed by atoms with van der Waals surface area (Å²) in [6.45, 7) is 4.39. The average molecular weight is 257 g/mol. The molecule has 3 nitrogen and oxygen atoms in total. The molecule has 3 heteroatoms. The van der Waals surface area contributed by atoms with Gasteiger partial charge in [0.2, 0.25) is 0 Å². The average Bonchev–Trinajstić information content (AvgIpc) is 2.82. The van der Waals surface area contributed by atoms with E-state index in [1.165, 1.54) is 30.4 Å². The molecule has 1 unspecified atom stereocenters. The molecule has 19 heavy (non-hydrogen) atoms. The number of nitrogens with one attached hydrogen (secondary N) is 1. The number of aryl methyl sites for hydroxylation is 2. The lowest BCUT2D eigenvalue weighted by molar-refractivity contribution is 0.759. The first-order valence-electron chi connectivity index (χ1n) is 7.04. The number of hydrogen-bond donors (Lipinski definition) is 1. The van der Waals surface area contributed by atoms with E-state index in [0.717, 1.165) is 5.82 Å². The maximum Gasteiger partial charge on any atom is 0.148 e. The molecular formula is C16H23N3. The molecule has 1 aromatic heterocycles. The first-order chi connectivity index (χ1) is 9.19. The Morgan fingerprint density at radius 3 is 2.53 bits per heavy atom. The molecule has 1 heterocycles. The molecule has 2 rings (SSSR count). The number of rotatable bonds is 6. The lowest BCUT2D eigenvalue weighted by atomic mass is 10.0. The zero-order valence-corrected chi connectivity index (χ0v) is 12.1. The van der Waals surface area contributed by atoms with Gasteiger partial charge in [0.15, 0.2) is 0 Å². The topological polar surface area (TPSA) is 29.9 Å². The molecule has 0 fully saturated rings. The summed E-state index contributed by atoms with van der Waals surface area (Å²) >= 11 is 0. The number of anilines is 1. The van der Waals surface area contributed by atoms with E-state index in [9.17, 15) is 0 Å². The van der Waals surface area contributed by atoms with Crippen molar-refractivity contribution in [3.8, 4) is 0 Å². The Balaban J connectivity index is 1.97. The van der Waals surface area contributed by atoms with E-state index in [0.29, 0.717) is 0 Å². The van der Waals surface area contributed by atoms with Gasteiger partial charge >= 0.3 is 0 Å². The van der Waals surface area contributed by atoms with Crippen molar-refractivity contribution < 1.29 is 0 Å². The van der Waals surface area contributed by atoms with E-state index in [1.807, 2.05) is 24.0 Å². The van der Waals surface area contributed by atoms with Gasteiger partial charge in [-0.05, 0) is 30.9 Å². The minimum Gasteiger partial charge on any atom is -0.362 e. The Morgan fingerprint density at radius 1 is 1.21 bits per heavy atom. The van der Waals surface area contributed by atoms with Gasteiger partial charge in [0, 0.05) is 25.4 Å². The van der Waals surface area contributed by atoms with Crippen molar-refractivity contribution in [2.75, 3.05) is 5.32 Å². The van der Waals surface area contributed by atoms with E-state index in [4.69, 9.17) is 0 Å². The molecule has 0 saturated carbocycles. The Kier molecular flexibility index (Phi) is 4.61. The summed E-state index contributed by atoms with van der Waals surface area (Å²) in [5.41, 5.74) is 2.72. The van der Waals surface area contributed by atoms with Gasteiger partial charge in [-0.1, -0.05) is 37.6 Å². The first-order valence-corrected chi connectivity index (χ1v) is 7.04. The van der Waals surface area contributed by atoms with Crippen molar-refractivity contribution in [3.05, 3.63) is 47.7 Å². The molecule has 0 aliphatic carbocycles. The van der Waals surface area contributed by atoms with E-state index in [1.54, 1.807) is 0 Å². The SMILES string of the molecule is CCCCc1ccc(C(C)Nc2ccn(C)n2)cc1. The van der Waals surface area contributed by atoms with Crippen LogP contribution in [-0.4, -0.2) is 9.78 Å². The predicted octanol–water partition coefficient (Wildman–Crippen LogP) is 3.94. The molecular weight excluding hydrogens is 234 g/mol. The predicted molar refractivity (Wildman–Crippen MR) is 80.3 cm³/mol. The van der Waals surface area contributed by atoms with Gasteiger partial charge in [0.1, 0.15) is 5.82 Å². The standard InChI is InChI=1S/C16H23N3/c1-4-5-6-14-7-9-15(10-8-14)13(2)17-16-11-12-19(3)18-16/h7-13H,4-6H2,1-3H3,(H,17,18). The summed E-state index contributed by atoms with van der Waals surface area (Å²) < 4.78 is 1.81. The Bertz CT molecular complexity index is 499. The minimum absolute atomic E-state index is 0.273. The number of hydrogen-bond acceptors (Lipinski definition) is 2. The number of aromatic nitrogens is 2. The zero-order valence-electron chi connectivity index (χ0n) is 12.1. The van der Waals surface area contributed by atoms with E-state index >= 15 is 0 Å². The Hall–Kier alpha value is -1.77. The fourth-order valence-electron chi connectivity index (χ4n) is 2.15. The van der Waals surface area contributed by atoms with Crippen LogP contribution >= 0.6 is 0 Å². The highest BCUT2D eigenvalue weighted by atomic mass is 15.3. The molecule has 0 radical (unpaired) electrons. The third kappa shape index (κ3) is 3.85. The number of benzene rings is 1. The van der Waals surface area contributed by atoms with Crippen molar-refractivity contribution in [1.82, 2.24) is 9.78 Å². The molecule has 1 aromatic carbocycles. The second kappa shape index (κ2) is 6.41. The second-order valence-electron chi connectivity index (χ2n) is 5.09. The second-order valence-corrected chi connectivity index (χ2v) is 5.09. The van der Waals surface area contributed by atoms with Gasteiger partial charge < -0.3 is 5.32 Å².